The van der Waals surface area contributed by atoms with E-state index in [4.69, 9.17) is 21.1 Å². The van der Waals surface area contributed by atoms with E-state index in [0.717, 1.165) is 15.6 Å². The highest BCUT2D eigenvalue weighted by Crippen LogP contribution is 2.29. The van der Waals surface area contributed by atoms with Crippen LogP contribution in [0.1, 0.15) is 15.9 Å². The van der Waals surface area contributed by atoms with E-state index in [1.54, 1.807) is 24.3 Å². The summed E-state index contributed by atoms with van der Waals surface area (Å²) in [6, 6.07) is 18.4. The number of methoxy groups -OCH3 is 1. The van der Waals surface area contributed by atoms with Crippen LogP contribution in [0, 0.1) is 0 Å². The lowest BCUT2D eigenvalue weighted by Crippen LogP contribution is -2.34. The Morgan fingerprint density at radius 1 is 1.15 bits per heavy atom. The van der Waals surface area contributed by atoms with E-state index >= 15 is 0 Å². The topological polar surface area (TPSA) is 84.9 Å². The van der Waals surface area contributed by atoms with Crippen molar-refractivity contribution in [3.8, 4) is 11.5 Å². The van der Waals surface area contributed by atoms with Crippen LogP contribution >= 0.6 is 11.6 Å². The van der Waals surface area contributed by atoms with Gasteiger partial charge >= 0.3 is 0 Å². The van der Waals surface area contributed by atoms with Crippen LogP contribution < -0.4 is 19.1 Å². The summed E-state index contributed by atoms with van der Waals surface area (Å²) in [5.74, 6) is 0.956. The van der Waals surface area contributed by atoms with Crippen molar-refractivity contribution in [1.82, 2.24) is 5.32 Å². The minimum atomic E-state index is -3.92. The van der Waals surface area contributed by atoms with Gasteiger partial charge in [0.25, 0.3) is 15.9 Å². The third-order valence-electron chi connectivity index (χ3n) is 5.48. The van der Waals surface area contributed by atoms with Crippen LogP contribution in [0.2, 0.25) is 5.02 Å². The lowest BCUT2D eigenvalue weighted by molar-refractivity contribution is 0.0933. The van der Waals surface area contributed by atoms with Crippen molar-refractivity contribution in [2.24, 2.45) is 0 Å². The van der Waals surface area contributed by atoms with E-state index in [-0.39, 0.29) is 28.1 Å². The van der Waals surface area contributed by atoms with E-state index < -0.39 is 15.9 Å². The predicted octanol–water partition coefficient (Wildman–Crippen LogP) is 3.91. The summed E-state index contributed by atoms with van der Waals surface area (Å²) in [7, 11) is -0.942. The smallest absolute Gasteiger partial charge is 0.264 e. The molecule has 33 heavy (non-hydrogen) atoms. The van der Waals surface area contributed by atoms with Crippen LogP contribution in [-0.4, -0.2) is 41.1 Å². The number of benzene rings is 3. The first-order valence-corrected chi connectivity index (χ1v) is 12.1. The Morgan fingerprint density at radius 3 is 2.58 bits per heavy atom. The summed E-state index contributed by atoms with van der Waals surface area (Å²) < 4.78 is 38.4. The van der Waals surface area contributed by atoms with Crippen molar-refractivity contribution >= 4 is 33.2 Å². The molecule has 0 spiro atoms. The van der Waals surface area contributed by atoms with Gasteiger partial charge in [0, 0.05) is 13.5 Å². The number of para-hydroxylation sites is 1. The maximum atomic E-state index is 13.2. The standard InChI is InChI=1S/C24H23ClN2O5S/c1-27(17-7-9-18(31-2)10-8-17)33(29,30)20-11-12-22(25)21(14-20)24(28)26-15-19-13-16-5-3-4-6-23(16)32-19/h3-12,14,19H,13,15H2,1-2H3,(H,26,28). The minimum Gasteiger partial charge on any atom is -0.497 e. The lowest BCUT2D eigenvalue weighted by atomic mass is 10.1. The first-order chi connectivity index (χ1) is 15.8. The van der Waals surface area contributed by atoms with E-state index in [0.29, 0.717) is 17.9 Å². The number of halogens is 1. The number of anilines is 1. The summed E-state index contributed by atoms with van der Waals surface area (Å²) >= 11 is 6.23. The molecule has 3 aromatic rings. The van der Waals surface area contributed by atoms with Gasteiger partial charge in [0.1, 0.15) is 17.6 Å². The van der Waals surface area contributed by atoms with Gasteiger partial charge in [-0.05, 0) is 54.1 Å². The molecule has 0 saturated heterocycles. The van der Waals surface area contributed by atoms with Crippen LogP contribution in [0.15, 0.2) is 71.6 Å². The Hall–Kier alpha value is -3.23. The molecule has 7 nitrogen and oxygen atoms in total. The second kappa shape index (κ2) is 9.33. The molecule has 0 bridgehead atoms. The molecular weight excluding hydrogens is 464 g/mol. The number of hydrogen-bond donors (Lipinski definition) is 1. The molecule has 0 aliphatic carbocycles. The van der Waals surface area contributed by atoms with E-state index in [1.165, 1.54) is 32.4 Å². The Balaban J connectivity index is 1.49. The molecule has 1 aliphatic heterocycles. The fourth-order valence-corrected chi connectivity index (χ4v) is 5.02. The molecule has 4 rings (SSSR count). The van der Waals surface area contributed by atoms with Crippen molar-refractivity contribution in [3.63, 3.8) is 0 Å². The molecular formula is C24H23ClN2O5S. The number of carbonyl (C=O) groups excluding carboxylic acids is 1. The van der Waals surface area contributed by atoms with Crippen molar-refractivity contribution in [2.75, 3.05) is 25.0 Å². The van der Waals surface area contributed by atoms with Gasteiger partial charge in [0.2, 0.25) is 0 Å². The monoisotopic (exact) mass is 486 g/mol. The van der Waals surface area contributed by atoms with Crippen molar-refractivity contribution in [3.05, 3.63) is 82.9 Å². The zero-order chi connectivity index (χ0) is 23.6. The molecule has 1 aliphatic rings. The van der Waals surface area contributed by atoms with Crippen LogP contribution in [0.4, 0.5) is 5.69 Å². The molecule has 1 heterocycles. The highest BCUT2D eigenvalue weighted by Gasteiger charge is 2.26. The summed E-state index contributed by atoms with van der Waals surface area (Å²) in [6.45, 7) is 0.270. The fraction of sp³-hybridized carbons (Fsp3) is 0.208. The minimum absolute atomic E-state index is 0.0418. The fourth-order valence-electron chi connectivity index (χ4n) is 3.60. The quantitative estimate of drug-likeness (QED) is 0.547. The van der Waals surface area contributed by atoms with E-state index in [1.807, 2.05) is 24.3 Å². The number of nitrogens with zero attached hydrogens (tertiary/aromatic N) is 1. The Morgan fingerprint density at radius 2 is 1.88 bits per heavy atom. The van der Waals surface area contributed by atoms with Crippen LogP contribution in [-0.2, 0) is 16.4 Å². The molecule has 172 valence electrons. The first-order valence-electron chi connectivity index (χ1n) is 10.2. The molecule has 3 aromatic carbocycles. The molecule has 0 fully saturated rings. The molecule has 0 radical (unpaired) electrons. The van der Waals surface area contributed by atoms with Gasteiger partial charge in [-0.2, -0.15) is 0 Å². The second-order valence-electron chi connectivity index (χ2n) is 7.57. The SMILES string of the molecule is COc1ccc(N(C)S(=O)(=O)c2ccc(Cl)c(C(=O)NCC3Cc4ccccc4O3)c2)cc1. The van der Waals surface area contributed by atoms with Crippen LogP contribution in [0.3, 0.4) is 0 Å². The number of hydrogen-bond acceptors (Lipinski definition) is 5. The highest BCUT2D eigenvalue weighted by molar-refractivity contribution is 7.92. The van der Waals surface area contributed by atoms with Gasteiger partial charge in [0.05, 0.1) is 34.8 Å². The van der Waals surface area contributed by atoms with Gasteiger partial charge in [0.15, 0.2) is 0 Å². The number of amides is 1. The second-order valence-corrected chi connectivity index (χ2v) is 9.95. The molecule has 9 heteroatoms. The Kier molecular flexibility index (Phi) is 6.49. The number of rotatable bonds is 7. The van der Waals surface area contributed by atoms with E-state index in [2.05, 4.69) is 5.32 Å². The average molecular weight is 487 g/mol. The first kappa shape index (κ1) is 22.9. The molecule has 0 saturated carbocycles. The number of nitrogens with one attached hydrogen (secondary N) is 1. The normalized spacial score (nSPS) is 14.8. The van der Waals surface area contributed by atoms with Gasteiger partial charge < -0.3 is 14.8 Å². The maximum absolute atomic E-state index is 13.2. The zero-order valence-corrected chi connectivity index (χ0v) is 19.7. The zero-order valence-electron chi connectivity index (χ0n) is 18.1. The third kappa shape index (κ3) is 4.77. The summed E-state index contributed by atoms with van der Waals surface area (Å²) in [5, 5.41) is 2.96. The van der Waals surface area contributed by atoms with Gasteiger partial charge in [-0.1, -0.05) is 29.8 Å². The largest absolute Gasteiger partial charge is 0.497 e. The van der Waals surface area contributed by atoms with Crippen molar-refractivity contribution < 1.29 is 22.7 Å². The van der Waals surface area contributed by atoms with Gasteiger partial charge in [-0.15, -0.1) is 0 Å². The molecule has 1 unspecified atom stereocenters. The number of sulfonamides is 1. The molecule has 1 atom stereocenters. The highest BCUT2D eigenvalue weighted by atomic mass is 35.5. The van der Waals surface area contributed by atoms with Gasteiger partial charge in [-0.3, -0.25) is 9.10 Å². The number of ether oxygens (including phenoxy) is 2. The van der Waals surface area contributed by atoms with Crippen molar-refractivity contribution in [2.45, 2.75) is 17.4 Å². The van der Waals surface area contributed by atoms with Gasteiger partial charge in [-0.25, -0.2) is 8.42 Å². The van der Waals surface area contributed by atoms with Crippen molar-refractivity contribution in [1.29, 1.82) is 0 Å². The van der Waals surface area contributed by atoms with E-state index in [9.17, 15) is 13.2 Å². The Labute approximate surface area is 197 Å². The summed E-state index contributed by atoms with van der Waals surface area (Å²) in [6.07, 6.45) is 0.490. The summed E-state index contributed by atoms with van der Waals surface area (Å²) in [5.41, 5.74) is 1.62. The predicted molar refractivity (Wildman–Crippen MR) is 127 cm³/mol. The third-order valence-corrected chi connectivity index (χ3v) is 7.59. The summed E-state index contributed by atoms with van der Waals surface area (Å²) in [4.78, 5) is 12.8. The Bertz CT molecular complexity index is 1250. The molecule has 0 aromatic heterocycles. The molecule has 1 amide bonds. The maximum Gasteiger partial charge on any atom is 0.264 e. The molecule has 1 N–H and O–H groups in total. The number of carbonyl (C=O) groups is 1. The number of fused-ring (bicyclic) bond motifs is 1. The van der Waals surface area contributed by atoms with Crippen LogP contribution in [0.25, 0.3) is 0 Å². The van der Waals surface area contributed by atoms with Crippen LogP contribution in [0.5, 0.6) is 11.5 Å². The lowest BCUT2D eigenvalue weighted by Gasteiger charge is -2.20. The average Bonchev–Trinajstić information content (AvgIpc) is 3.25.